The third-order valence-corrected chi connectivity index (χ3v) is 7.49. The number of halogens is 1. The van der Waals surface area contributed by atoms with E-state index in [0.717, 1.165) is 40.8 Å². The van der Waals surface area contributed by atoms with Crippen LogP contribution < -0.4 is 15.8 Å². The second-order valence-electron chi connectivity index (χ2n) is 7.80. The first-order valence-electron chi connectivity index (χ1n) is 9.62. The highest BCUT2D eigenvalue weighted by Crippen LogP contribution is 2.54. The summed E-state index contributed by atoms with van der Waals surface area (Å²) in [6.45, 7) is 1.72. The van der Waals surface area contributed by atoms with Gasteiger partial charge in [-0.1, -0.05) is 27.7 Å². The van der Waals surface area contributed by atoms with Crippen LogP contribution in [0, 0.1) is 12.8 Å². The molecule has 0 bridgehead atoms. The summed E-state index contributed by atoms with van der Waals surface area (Å²) in [5, 5.41) is 3.73. The number of rotatable bonds is 2. The molecule has 2 aliphatic heterocycles. The first-order chi connectivity index (χ1) is 13.9. The quantitative estimate of drug-likeness (QED) is 0.688. The van der Waals surface area contributed by atoms with Gasteiger partial charge in [0.1, 0.15) is 23.7 Å². The number of carbonyl (C=O) groups excluding carboxylic acids is 1. The van der Waals surface area contributed by atoms with Crippen molar-refractivity contribution >= 4 is 38.8 Å². The van der Waals surface area contributed by atoms with Gasteiger partial charge >= 0.3 is 0 Å². The van der Waals surface area contributed by atoms with Gasteiger partial charge in [0.2, 0.25) is 0 Å². The van der Waals surface area contributed by atoms with Crippen molar-refractivity contribution < 1.29 is 13.9 Å². The largest absolute Gasteiger partial charge is 0.490 e. The van der Waals surface area contributed by atoms with Crippen LogP contribution in [-0.4, -0.2) is 34.0 Å². The minimum Gasteiger partial charge on any atom is -0.490 e. The molecule has 4 unspecified atom stereocenters. The van der Waals surface area contributed by atoms with Crippen molar-refractivity contribution in [3.63, 3.8) is 0 Å². The number of benzene rings is 1. The zero-order valence-corrected chi connectivity index (χ0v) is 18.3. The predicted octanol–water partition coefficient (Wildman–Crippen LogP) is 3.36. The van der Waals surface area contributed by atoms with E-state index < -0.39 is 5.54 Å². The Hall–Kier alpha value is -2.00. The number of fused-ring (bicyclic) bond motifs is 4. The van der Waals surface area contributed by atoms with E-state index in [1.54, 1.807) is 18.7 Å². The average Bonchev–Trinajstić information content (AvgIpc) is 3.30. The molecule has 4 atom stereocenters. The number of amidine groups is 1. The summed E-state index contributed by atoms with van der Waals surface area (Å²) in [5.41, 5.74) is 7.08. The van der Waals surface area contributed by atoms with E-state index in [9.17, 15) is 4.79 Å². The third-order valence-electron chi connectivity index (χ3n) is 6.02. The van der Waals surface area contributed by atoms with Crippen LogP contribution in [0.2, 0.25) is 0 Å². The molecular weight excluding hydrogens is 456 g/mol. The minimum absolute atomic E-state index is 0.0250. The summed E-state index contributed by atoms with van der Waals surface area (Å²) in [6, 6.07) is 6.12. The lowest BCUT2D eigenvalue weighted by Crippen LogP contribution is -2.54. The molecule has 5 rings (SSSR count). The normalized spacial score (nSPS) is 30.3. The van der Waals surface area contributed by atoms with Crippen LogP contribution >= 0.6 is 27.7 Å². The lowest BCUT2D eigenvalue weighted by molar-refractivity contribution is 0.0155. The maximum atomic E-state index is 12.6. The monoisotopic (exact) mass is 476 g/mol. The molecule has 1 aromatic heterocycles. The topological polar surface area (TPSA) is 103 Å². The highest BCUT2D eigenvalue weighted by molar-refractivity contribution is 9.10. The molecule has 1 aliphatic carbocycles. The standard InChI is InChI=1S/C20H21BrN4O3S/c1-10-23-15(8-27-10)18(26)24-12-3-5-17-14(7-12)20(9-29-19(22)25-20)13-6-11(21)2-4-16(13)28-17/h2,4,6,8,12,14,17H,3,5,7,9H2,1H3,(H2,22,25)(H,24,26). The van der Waals surface area contributed by atoms with Crippen LogP contribution in [0.25, 0.3) is 0 Å². The van der Waals surface area contributed by atoms with Crippen LogP contribution in [0.1, 0.15) is 41.2 Å². The number of thioether (sulfide) groups is 1. The van der Waals surface area contributed by atoms with Gasteiger partial charge in [0, 0.05) is 34.7 Å². The summed E-state index contributed by atoms with van der Waals surface area (Å²) in [4.78, 5) is 21.6. The van der Waals surface area contributed by atoms with E-state index >= 15 is 0 Å². The Kier molecular flexibility index (Phi) is 4.62. The van der Waals surface area contributed by atoms with Crippen LogP contribution in [0.3, 0.4) is 0 Å². The van der Waals surface area contributed by atoms with Gasteiger partial charge in [-0.3, -0.25) is 4.79 Å². The van der Waals surface area contributed by atoms with E-state index in [2.05, 4.69) is 32.3 Å². The molecule has 3 heterocycles. The average molecular weight is 477 g/mol. The molecule has 1 aromatic carbocycles. The molecule has 3 aliphatic rings. The highest BCUT2D eigenvalue weighted by Gasteiger charge is 2.54. The molecular formula is C20H21BrN4O3S. The van der Waals surface area contributed by atoms with Gasteiger partial charge in [0.15, 0.2) is 16.8 Å². The molecule has 9 heteroatoms. The van der Waals surface area contributed by atoms with Crippen molar-refractivity contribution in [3.8, 4) is 5.75 Å². The molecule has 0 radical (unpaired) electrons. The van der Waals surface area contributed by atoms with Gasteiger partial charge in [0.05, 0.1) is 0 Å². The summed E-state index contributed by atoms with van der Waals surface area (Å²) in [7, 11) is 0. The number of aromatic nitrogens is 1. The Morgan fingerprint density at radius 2 is 2.28 bits per heavy atom. The maximum Gasteiger partial charge on any atom is 0.273 e. The number of nitrogens with two attached hydrogens (primary N) is 1. The first kappa shape index (κ1) is 19.0. The molecule has 1 saturated carbocycles. The van der Waals surface area contributed by atoms with Crippen LogP contribution in [0.15, 0.2) is 38.3 Å². The van der Waals surface area contributed by atoms with Crippen LogP contribution in [-0.2, 0) is 5.54 Å². The Morgan fingerprint density at radius 3 is 3.00 bits per heavy atom. The number of nitrogens with zero attached hydrogens (tertiary/aromatic N) is 2. The number of nitrogens with one attached hydrogen (secondary N) is 1. The molecule has 152 valence electrons. The van der Waals surface area contributed by atoms with Gasteiger partial charge in [-0.05, 0) is 37.5 Å². The van der Waals surface area contributed by atoms with Gasteiger partial charge in [0.25, 0.3) is 5.91 Å². The zero-order valence-electron chi connectivity index (χ0n) is 15.9. The Morgan fingerprint density at radius 1 is 1.41 bits per heavy atom. The number of aryl methyl sites for hydroxylation is 1. The van der Waals surface area contributed by atoms with Crippen molar-refractivity contribution in [3.05, 3.63) is 46.1 Å². The number of carbonyl (C=O) groups is 1. The fraction of sp³-hybridized carbons (Fsp3) is 0.450. The molecule has 1 fully saturated rings. The van der Waals surface area contributed by atoms with E-state index in [-0.39, 0.29) is 24.0 Å². The van der Waals surface area contributed by atoms with Crippen molar-refractivity contribution in [2.45, 2.75) is 43.9 Å². The smallest absolute Gasteiger partial charge is 0.273 e. The molecule has 29 heavy (non-hydrogen) atoms. The molecule has 2 aromatic rings. The van der Waals surface area contributed by atoms with E-state index in [1.807, 2.05) is 12.1 Å². The van der Waals surface area contributed by atoms with Gasteiger partial charge < -0.3 is 20.2 Å². The van der Waals surface area contributed by atoms with Crippen molar-refractivity contribution in [1.82, 2.24) is 10.3 Å². The highest BCUT2D eigenvalue weighted by atomic mass is 79.9. The van der Waals surface area contributed by atoms with Gasteiger partial charge in [-0.2, -0.15) is 0 Å². The van der Waals surface area contributed by atoms with E-state index in [1.165, 1.54) is 6.26 Å². The van der Waals surface area contributed by atoms with Crippen LogP contribution in [0.5, 0.6) is 5.75 Å². The fourth-order valence-electron chi connectivity index (χ4n) is 4.72. The first-order valence-corrected chi connectivity index (χ1v) is 11.4. The zero-order chi connectivity index (χ0) is 20.2. The molecule has 7 nitrogen and oxygen atoms in total. The number of aliphatic imine (C=N–C) groups is 1. The summed E-state index contributed by atoms with van der Waals surface area (Å²) in [5.74, 6) is 2.08. The fourth-order valence-corrected chi connectivity index (χ4v) is 6.11. The van der Waals surface area contributed by atoms with Crippen molar-refractivity contribution in [2.75, 3.05) is 5.75 Å². The number of amides is 1. The van der Waals surface area contributed by atoms with Gasteiger partial charge in [-0.25, -0.2) is 9.98 Å². The van der Waals surface area contributed by atoms with Crippen molar-refractivity contribution in [1.29, 1.82) is 0 Å². The Labute approximate surface area is 181 Å². The number of hydrogen-bond donors (Lipinski definition) is 2. The Balaban J connectivity index is 1.45. The number of hydrogen-bond acceptors (Lipinski definition) is 7. The molecule has 0 saturated heterocycles. The summed E-state index contributed by atoms with van der Waals surface area (Å²) in [6.07, 6.45) is 3.93. The van der Waals surface area contributed by atoms with E-state index in [0.29, 0.717) is 16.8 Å². The SMILES string of the molecule is Cc1nc(C(=O)NC2CCC3Oc4ccc(Br)cc4C4(CSC(N)=N4)C3C2)co1. The number of oxazole rings is 1. The second kappa shape index (κ2) is 7.05. The molecule has 1 spiro atoms. The second-order valence-corrected chi connectivity index (χ2v) is 9.71. The summed E-state index contributed by atoms with van der Waals surface area (Å²) >= 11 is 5.17. The minimum atomic E-state index is -0.426. The predicted molar refractivity (Wildman–Crippen MR) is 114 cm³/mol. The van der Waals surface area contributed by atoms with Crippen LogP contribution in [0.4, 0.5) is 0 Å². The number of ether oxygens (including phenoxy) is 1. The third kappa shape index (κ3) is 3.24. The van der Waals surface area contributed by atoms with E-state index in [4.69, 9.17) is 19.9 Å². The molecule has 3 N–H and O–H groups in total. The lowest BCUT2D eigenvalue weighted by atomic mass is 9.67. The lowest BCUT2D eigenvalue weighted by Gasteiger charge is -2.48. The molecule has 1 amide bonds. The summed E-state index contributed by atoms with van der Waals surface area (Å²) < 4.78 is 12.5. The maximum absolute atomic E-state index is 12.6. The van der Waals surface area contributed by atoms with Gasteiger partial charge in [-0.15, -0.1) is 0 Å². The van der Waals surface area contributed by atoms with Crippen molar-refractivity contribution in [2.24, 2.45) is 16.6 Å². The Bertz CT molecular complexity index is 1010.